The minimum absolute atomic E-state index is 0.723. The van der Waals surface area contributed by atoms with Gasteiger partial charge in [0.05, 0.1) is 0 Å². The Morgan fingerprint density at radius 2 is 1.20 bits per heavy atom. The standard InChI is InChI=1S/C10H12/c1-2-4-10-7-5-9(3-1)6-8-10/h1-5,7,9-10H,6,8H2. The van der Waals surface area contributed by atoms with Crippen LogP contribution in [0.5, 0.6) is 0 Å². The fraction of sp³-hybridized carbons (Fsp3) is 0.400. The minimum atomic E-state index is 0.723. The average Bonchev–Trinajstić information content (AvgIpc) is 1.89. The third kappa shape index (κ3) is 1.06. The molecule has 0 aromatic carbocycles. The summed E-state index contributed by atoms with van der Waals surface area (Å²) in [6, 6.07) is 0. The van der Waals surface area contributed by atoms with Crippen LogP contribution in [0, 0.1) is 11.8 Å². The van der Waals surface area contributed by atoms with Crippen LogP contribution in [0.3, 0.4) is 0 Å². The molecule has 0 heterocycles. The fourth-order valence-electron chi connectivity index (χ4n) is 1.60. The molecular weight excluding hydrogens is 120 g/mol. The second kappa shape index (κ2) is 2.45. The Morgan fingerprint density at radius 3 is 1.60 bits per heavy atom. The molecule has 2 atom stereocenters. The Bertz CT molecular complexity index is 174. The van der Waals surface area contributed by atoms with Crippen LogP contribution in [0.15, 0.2) is 36.5 Å². The highest BCUT2D eigenvalue weighted by Gasteiger charge is 2.11. The Balaban J connectivity index is 2.29. The summed E-state index contributed by atoms with van der Waals surface area (Å²) < 4.78 is 0. The molecule has 0 saturated heterocycles. The summed E-state index contributed by atoms with van der Waals surface area (Å²) in [6.45, 7) is 0. The van der Waals surface area contributed by atoms with Crippen LogP contribution in [-0.2, 0) is 0 Å². The molecule has 0 amide bonds. The van der Waals surface area contributed by atoms with E-state index in [1.807, 2.05) is 0 Å². The van der Waals surface area contributed by atoms with Crippen LogP contribution in [0.4, 0.5) is 0 Å². The zero-order valence-corrected chi connectivity index (χ0v) is 6.03. The molecule has 2 bridgehead atoms. The molecule has 3 rings (SSSR count). The van der Waals surface area contributed by atoms with Crippen molar-refractivity contribution in [1.82, 2.24) is 0 Å². The zero-order valence-electron chi connectivity index (χ0n) is 6.03. The minimum Gasteiger partial charge on any atom is -0.0810 e. The van der Waals surface area contributed by atoms with E-state index in [4.69, 9.17) is 0 Å². The summed E-state index contributed by atoms with van der Waals surface area (Å²) in [7, 11) is 0. The molecule has 0 nitrogen and oxygen atoms in total. The van der Waals surface area contributed by atoms with Crippen LogP contribution in [-0.4, -0.2) is 0 Å². The molecule has 2 unspecified atom stereocenters. The summed E-state index contributed by atoms with van der Waals surface area (Å²) >= 11 is 0. The molecule has 0 aromatic heterocycles. The van der Waals surface area contributed by atoms with Crippen LogP contribution in [0.25, 0.3) is 0 Å². The molecule has 0 spiro atoms. The third-order valence-electron chi connectivity index (χ3n) is 2.27. The summed E-state index contributed by atoms with van der Waals surface area (Å²) in [4.78, 5) is 0. The van der Waals surface area contributed by atoms with Gasteiger partial charge in [-0.2, -0.15) is 0 Å². The van der Waals surface area contributed by atoms with E-state index in [2.05, 4.69) is 36.5 Å². The Hall–Kier alpha value is -0.780. The van der Waals surface area contributed by atoms with Gasteiger partial charge in [0.15, 0.2) is 0 Å². The molecule has 0 radical (unpaired) electrons. The zero-order chi connectivity index (χ0) is 6.81. The van der Waals surface area contributed by atoms with E-state index < -0.39 is 0 Å². The molecule has 3 aliphatic rings. The van der Waals surface area contributed by atoms with Gasteiger partial charge in [0.25, 0.3) is 0 Å². The maximum atomic E-state index is 2.33. The van der Waals surface area contributed by atoms with Crippen LogP contribution < -0.4 is 0 Å². The highest BCUT2D eigenvalue weighted by atomic mass is 14.2. The predicted octanol–water partition coefficient (Wildman–Crippen LogP) is 2.69. The van der Waals surface area contributed by atoms with Gasteiger partial charge in [-0.15, -0.1) is 0 Å². The van der Waals surface area contributed by atoms with Gasteiger partial charge < -0.3 is 0 Å². The van der Waals surface area contributed by atoms with Crippen molar-refractivity contribution in [3.8, 4) is 0 Å². The van der Waals surface area contributed by atoms with E-state index in [9.17, 15) is 0 Å². The number of hydrogen-bond acceptors (Lipinski definition) is 0. The first-order valence-electron chi connectivity index (χ1n) is 3.98. The number of allylic oxidation sites excluding steroid dienone is 6. The SMILES string of the molecule is C1=CC2C=CC(C=C1)CC2. The fourth-order valence-corrected chi connectivity index (χ4v) is 1.60. The Morgan fingerprint density at radius 1 is 0.700 bits per heavy atom. The van der Waals surface area contributed by atoms with Crippen molar-refractivity contribution in [3.05, 3.63) is 36.5 Å². The van der Waals surface area contributed by atoms with Crippen molar-refractivity contribution in [3.63, 3.8) is 0 Å². The van der Waals surface area contributed by atoms with Gasteiger partial charge in [0.2, 0.25) is 0 Å². The first-order valence-corrected chi connectivity index (χ1v) is 3.98. The first kappa shape index (κ1) is 5.96. The van der Waals surface area contributed by atoms with Crippen molar-refractivity contribution >= 4 is 0 Å². The monoisotopic (exact) mass is 132 g/mol. The van der Waals surface area contributed by atoms with Crippen molar-refractivity contribution in [2.45, 2.75) is 12.8 Å². The number of hydrogen-bond donors (Lipinski definition) is 0. The lowest BCUT2D eigenvalue weighted by Crippen LogP contribution is -2.05. The molecular formula is C10H12. The summed E-state index contributed by atoms with van der Waals surface area (Å²) in [5, 5.41) is 0. The van der Waals surface area contributed by atoms with E-state index >= 15 is 0 Å². The topological polar surface area (TPSA) is 0 Å². The largest absolute Gasteiger partial charge is 0.0810 e. The van der Waals surface area contributed by atoms with Crippen molar-refractivity contribution in [2.75, 3.05) is 0 Å². The van der Waals surface area contributed by atoms with Crippen molar-refractivity contribution < 1.29 is 0 Å². The number of fused-ring (bicyclic) bond motifs is 2. The quantitative estimate of drug-likeness (QED) is 0.444. The lowest BCUT2D eigenvalue weighted by molar-refractivity contribution is 0.560. The normalized spacial score (nSPS) is 36.0. The maximum absolute atomic E-state index is 2.33. The third-order valence-corrected chi connectivity index (χ3v) is 2.27. The summed E-state index contributed by atoms with van der Waals surface area (Å²) in [5.74, 6) is 1.45. The summed E-state index contributed by atoms with van der Waals surface area (Å²) in [6.07, 6.45) is 16.2. The lowest BCUT2D eigenvalue weighted by Gasteiger charge is -2.19. The van der Waals surface area contributed by atoms with Gasteiger partial charge in [-0.1, -0.05) is 36.5 Å². The predicted molar refractivity (Wildman–Crippen MR) is 43.6 cm³/mol. The van der Waals surface area contributed by atoms with Gasteiger partial charge in [-0.05, 0) is 24.7 Å². The second-order valence-corrected chi connectivity index (χ2v) is 3.06. The molecule has 0 saturated carbocycles. The lowest BCUT2D eigenvalue weighted by atomic mass is 9.86. The van der Waals surface area contributed by atoms with E-state index in [0.717, 1.165) is 11.8 Å². The molecule has 0 heteroatoms. The second-order valence-electron chi connectivity index (χ2n) is 3.06. The highest BCUT2D eigenvalue weighted by molar-refractivity contribution is 5.18. The van der Waals surface area contributed by atoms with Gasteiger partial charge in [-0.3, -0.25) is 0 Å². The first-order chi connectivity index (χ1) is 4.95. The van der Waals surface area contributed by atoms with E-state index in [0.29, 0.717) is 0 Å². The van der Waals surface area contributed by atoms with Crippen LogP contribution >= 0.6 is 0 Å². The maximum Gasteiger partial charge on any atom is -0.00498 e. The van der Waals surface area contributed by atoms with E-state index in [1.165, 1.54) is 12.8 Å². The van der Waals surface area contributed by atoms with Crippen LogP contribution in [0.2, 0.25) is 0 Å². The smallest absolute Gasteiger partial charge is 0.00498 e. The molecule has 0 fully saturated rings. The summed E-state index contributed by atoms with van der Waals surface area (Å²) in [5.41, 5.74) is 0. The number of rotatable bonds is 0. The molecule has 0 N–H and O–H groups in total. The van der Waals surface area contributed by atoms with Gasteiger partial charge in [-0.25, -0.2) is 0 Å². The van der Waals surface area contributed by atoms with Gasteiger partial charge >= 0.3 is 0 Å². The van der Waals surface area contributed by atoms with E-state index in [-0.39, 0.29) is 0 Å². The average molecular weight is 132 g/mol. The molecule has 0 aromatic rings. The van der Waals surface area contributed by atoms with Gasteiger partial charge in [0, 0.05) is 0 Å². The molecule has 3 aliphatic carbocycles. The van der Waals surface area contributed by atoms with Gasteiger partial charge in [0.1, 0.15) is 0 Å². The molecule has 10 heavy (non-hydrogen) atoms. The Labute approximate surface area is 61.9 Å². The van der Waals surface area contributed by atoms with Crippen molar-refractivity contribution in [2.24, 2.45) is 11.8 Å². The highest BCUT2D eigenvalue weighted by Crippen LogP contribution is 2.25. The molecule has 0 aliphatic heterocycles. The Kier molecular flexibility index (Phi) is 1.46. The van der Waals surface area contributed by atoms with Crippen LogP contribution in [0.1, 0.15) is 12.8 Å². The van der Waals surface area contributed by atoms with Crippen molar-refractivity contribution in [1.29, 1.82) is 0 Å². The van der Waals surface area contributed by atoms with E-state index in [1.54, 1.807) is 0 Å². The molecule has 52 valence electrons.